The lowest BCUT2D eigenvalue weighted by molar-refractivity contribution is 0.0931. The quantitative estimate of drug-likeness (QED) is 0.393. The van der Waals surface area contributed by atoms with Crippen LogP contribution in [-0.2, 0) is 6.61 Å². The lowest BCUT2D eigenvalue weighted by Crippen LogP contribution is -2.33. The maximum atomic E-state index is 13.2. The molecule has 1 aliphatic rings. The molecule has 35 heavy (non-hydrogen) atoms. The first kappa shape index (κ1) is 23.2. The van der Waals surface area contributed by atoms with Crippen LogP contribution < -0.4 is 14.8 Å². The monoisotopic (exact) mass is 492 g/mol. The first-order valence-corrected chi connectivity index (χ1v) is 12.3. The second kappa shape index (κ2) is 8.57. The van der Waals surface area contributed by atoms with E-state index in [1.165, 1.54) is 0 Å². The highest BCUT2D eigenvalue weighted by Crippen LogP contribution is 2.47. The lowest BCUT2D eigenvalue weighted by atomic mass is 9.95. The molecule has 4 heterocycles. The number of hydrogen-bond acceptors (Lipinski definition) is 7. The summed E-state index contributed by atoms with van der Waals surface area (Å²) in [6.45, 7) is 10.8. The average molecular weight is 493 g/mol. The number of nitrogens with one attached hydrogen (secondary N) is 1. The van der Waals surface area contributed by atoms with E-state index in [2.05, 4.69) is 31.2 Å². The van der Waals surface area contributed by atoms with E-state index in [4.69, 9.17) is 19.1 Å². The molecule has 0 saturated heterocycles. The minimum atomic E-state index is -0.211. The van der Waals surface area contributed by atoms with Crippen LogP contribution >= 0.6 is 11.3 Å². The van der Waals surface area contributed by atoms with E-state index in [0.29, 0.717) is 29.5 Å². The van der Waals surface area contributed by atoms with Crippen molar-refractivity contribution in [1.29, 1.82) is 0 Å². The normalized spacial score (nSPS) is 12.6. The zero-order valence-corrected chi connectivity index (χ0v) is 21.5. The Balaban J connectivity index is 1.71. The molecule has 1 N–H and O–H groups in total. The minimum absolute atomic E-state index is 0.0471. The van der Waals surface area contributed by atoms with Crippen LogP contribution in [0.2, 0.25) is 0 Å². The third-order valence-electron chi connectivity index (χ3n) is 5.96. The van der Waals surface area contributed by atoms with Crippen molar-refractivity contribution in [2.75, 3.05) is 13.7 Å². The first-order valence-electron chi connectivity index (χ1n) is 11.4. The summed E-state index contributed by atoms with van der Waals surface area (Å²) in [4.78, 5) is 13.2. The highest BCUT2D eigenvalue weighted by Gasteiger charge is 2.32. The molecule has 4 aromatic rings. The number of aryl methyl sites for hydroxylation is 2. The summed E-state index contributed by atoms with van der Waals surface area (Å²) in [6, 6.07) is 5.88. The summed E-state index contributed by atoms with van der Waals surface area (Å²) < 4.78 is 19.1. The number of amides is 1. The maximum Gasteiger partial charge on any atom is 0.272 e. The second-order valence-electron chi connectivity index (χ2n) is 9.85. The van der Waals surface area contributed by atoms with Gasteiger partial charge >= 0.3 is 0 Å². The maximum absolute atomic E-state index is 13.2. The molecular weight excluding hydrogens is 464 g/mol. The van der Waals surface area contributed by atoms with Crippen molar-refractivity contribution in [3.8, 4) is 39.6 Å². The first-order chi connectivity index (χ1) is 16.7. The van der Waals surface area contributed by atoms with Crippen molar-refractivity contribution >= 4 is 17.2 Å². The number of benzene rings is 1. The van der Waals surface area contributed by atoms with Crippen LogP contribution in [0.4, 0.5) is 0 Å². The highest BCUT2D eigenvalue weighted by molar-refractivity contribution is 7.08. The van der Waals surface area contributed by atoms with Gasteiger partial charge in [-0.05, 0) is 36.8 Å². The molecule has 0 spiro atoms. The fraction of sp³-hybridized carbons (Fsp3) is 0.346. The molecule has 182 valence electrons. The SMILES string of the molecule is COc1cc2c(cc1-c1c(C)noc1C)-c1c(c(C(=O)NCC(C)(C)C)nn1-c1ccsc1)CO2. The van der Waals surface area contributed by atoms with Gasteiger partial charge in [-0.1, -0.05) is 25.9 Å². The van der Waals surface area contributed by atoms with Gasteiger partial charge in [-0.25, -0.2) is 4.68 Å². The Bertz CT molecular complexity index is 1390. The van der Waals surface area contributed by atoms with Crippen molar-refractivity contribution in [3.63, 3.8) is 0 Å². The van der Waals surface area contributed by atoms with Gasteiger partial charge in [0.05, 0.1) is 29.7 Å². The van der Waals surface area contributed by atoms with E-state index in [0.717, 1.165) is 39.3 Å². The molecule has 1 aromatic carbocycles. The number of aromatic nitrogens is 3. The Morgan fingerprint density at radius 1 is 1.26 bits per heavy atom. The summed E-state index contributed by atoms with van der Waals surface area (Å²) in [7, 11) is 1.63. The van der Waals surface area contributed by atoms with E-state index < -0.39 is 0 Å². The van der Waals surface area contributed by atoms with Crippen LogP contribution in [0.5, 0.6) is 11.5 Å². The van der Waals surface area contributed by atoms with Crippen molar-refractivity contribution < 1.29 is 18.8 Å². The van der Waals surface area contributed by atoms with E-state index in [1.54, 1.807) is 18.4 Å². The van der Waals surface area contributed by atoms with Crippen LogP contribution in [-0.4, -0.2) is 34.5 Å². The van der Waals surface area contributed by atoms with Crippen LogP contribution in [0.1, 0.15) is 48.3 Å². The smallest absolute Gasteiger partial charge is 0.272 e. The minimum Gasteiger partial charge on any atom is -0.496 e. The molecule has 9 heteroatoms. The molecule has 1 amide bonds. The molecule has 0 aliphatic carbocycles. The van der Waals surface area contributed by atoms with Gasteiger partial charge in [-0.3, -0.25) is 4.79 Å². The molecule has 3 aromatic heterocycles. The summed E-state index contributed by atoms with van der Waals surface area (Å²) in [5.41, 5.74) is 6.12. The van der Waals surface area contributed by atoms with Crippen molar-refractivity contribution in [1.82, 2.24) is 20.3 Å². The molecule has 0 radical (unpaired) electrons. The Morgan fingerprint density at radius 3 is 2.69 bits per heavy atom. The summed E-state index contributed by atoms with van der Waals surface area (Å²) in [5, 5.41) is 15.9. The largest absolute Gasteiger partial charge is 0.496 e. The van der Waals surface area contributed by atoms with Crippen LogP contribution in [0.15, 0.2) is 33.5 Å². The molecule has 0 atom stereocenters. The van der Waals surface area contributed by atoms with Gasteiger partial charge in [-0.2, -0.15) is 16.4 Å². The lowest BCUT2D eigenvalue weighted by Gasteiger charge is -2.22. The fourth-order valence-corrected chi connectivity index (χ4v) is 4.90. The number of carbonyl (C=O) groups excluding carboxylic acids is 1. The molecule has 0 unspecified atom stereocenters. The predicted molar refractivity (Wildman–Crippen MR) is 135 cm³/mol. The Labute approximate surface area is 207 Å². The molecular formula is C26H28N4O4S. The summed E-state index contributed by atoms with van der Waals surface area (Å²) >= 11 is 1.58. The topological polar surface area (TPSA) is 91.4 Å². The van der Waals surface area contributed by atoms with Gasteiger partial charge in [-0.15, -0.1) is 0 Å². The zero-order valence-electron chi connectivity index (χ0n) is 20.7. The Kier molecular flexibility index (Phi) is 5.67. The molecule has 0 bridgehead atoms. The molecule has 1 aliphatic heterocycles. The van der Waals surface area contributed by atoms with Gasteiger partial charge in [0, 0.05) is 34.7 Å². The van der Waals surface area contributed by atoms with E-state index >= 15 is 0 Å². The van der Waals surface area contributed by atoms with E-state index in [1.807, 2.05) is 47.5 Å². The van der Waals surface area contributed by atoms with Gasteiger partial charge in [0.15, 0.2) is 5.69 Å². The van der Waals surface area contributed by atoms with Gasteiger partial charge < -0.3 is 19.3 Å². The molecule has 0 saturated carbocycles. The number of fused-ring (bicyclic) bond motifs is 3. The summed E-state index contributed by atoms with van der Waals surface area (Å²) in [6.07, 6.45) is 0. The average Bonchev–Trinajstić information content (AvgIpc) is 3.55. The van der Waals surface area contributed by atoms with Gasteiger partial charge in [0.2, 0.25) is 0 Å². The van der Waals surface area contributed by atoms with Crippen molar-refractivity contribution in [2.45, 2.75) is 41.2 Å². The second-order valence-corrected chi connectivity index (χ2v) is 10.6. The molecule has 8 nitrogen and oxygen atoms in total. The molecule has 5 rings (SSSR count). The van der Waals surface area contributed by atoms with E-state index in [9.17, 15) is 4.79 Å². The number of nitrogens with zero attached hydrogens (tertiary/aromatic N) is 3. The highest BCUT2D eigenvalue weighted by atomic mass is 32.1. The third kappa shape index (κ3) is 4.10. The number of ether oxygens (including phenoxy) is 2. The zero-order chi connectivity index (χ0) is 24.9. The number of carbonyl (C=O) groups is 1. The standard InChI is InChI=1S/C26H28N4O4S/c1-14-22(15(2)34-29-14)17-9-18-21(10-20(17)32-6)33-11-19-23(25(31)27-13-26(3,4)5)28-30(24(18)19)16-7-8-35-12-16/h7-10,12H,11,13H2,1-6H3,(H,27,31). The van der Waals surface area contributed by atoms with Crippen LogP contribution in [0.3, 0.4) is 0 Å². The number of methoxy groups -OCH3 is 1. The van der Waals surface area contributed by atoms with Crippen LogP contribution in [0.25, 0.3) is 28.1 Å². The number of rotatable bonds is 5. The Hall–Kier alpha value is -3.59. The number of hydrogen-bond donors (Lipinski definition) is 1. The van der Waals surface area contributed by atoms with Crippen molar-refractivity contribution in [2.24, 2.45) is 5.41 Å². The van der Waals surface area contributed by atoms with Gasteiger partial charge in [0.1, 0.15) is 23.9 Å². The van der Waals surface area contributed by atoms with Gasteiger partial charge in [0.25, 0.3) is 5.91 Å². The van der Waals surface area contributed by atoms with Crippen molar-refractivity contribution in [3.05, 3.63) is 51.7 Å². The van der Waals surface area contributed by atoms with E-state index in [-0.39, 0.29) is 17.9 Å². The third-order valence-corrected chi connectivity index (χ3v) is 6.63. The van der Waals surface area contributed by atoms with Crippen LogP contribution in [0, 0.1) is 19.3 Å². The Morgan fingerprint density at radius 2 is 2.06 bits per heavy atom. The summed E-state index contributed by atoms with van der Waals surface area (Å²) in [5.74, 6) is 1.82. The number of thiophene rings is 1. The molecule has 0 fully saturated rings. The predicted octanol–water partition coefficient (Wildman–Crippen LogP) is 5.55. The fourth-order valence-electron chi connectivity index (χ4n) is 4.29.